The summed E-state index contributed by atoms with van der Waals surface area (Å²) in [5.74, 6) is 0.0467. The second-order valence-corrected chi connectivity index (χ2v) is 5.13. The van der Waals surface area contributed by atoms with E-state index in [1.54, 1.807) is 9.58 Å². The maximum absolute atomic E-state index is 12.3. The summed E-state index contributed by atoms with van der Waals surface area (Å²) >= 11 is 0. The Morgan fingerprint density at radius 2 is 2.39 bits per heavy atom. The first-order chi connectivity index (χ1) is 8.58. The van der Waals surface area contributed by atoms with Crippen LogP contribution in [0, 0.1) is 6.92 Å². The molecule has 0 aromatic carbocycles. The summed E-state index contributed by atoms with van der Waals surface area (Å²) in [5.41, 5.74) is 1.54. The van der Waals surface area contributed by atoms with Crippen molar-refractivity contribution in [3.8, 4) is 0 Å². The lowest BCUT2D eigenvalue weighted by atomic mass is 10.0. The highest BCUT2D eigenvalue weighted by atomic mass is 16.2. The molecule has 0 spiro atoms. The van der Waals surface area contributed by atoms with E-state index < -0.39 is 0 Å². The van der Waals surface area contributed by atoms with E-state index in [9.17, 15) is 4.79 Å². The van der Waals surface area contributed by atoms with Crippen LogP contribution in [0.3, 0.4) is 0 Å². The number of aryl methyl sites for hydroxylation is 2. The normalized spacial score (nSPS) is 19.8. The van der Waals surface area contributed by atoms with Gasteiger partial charge in [-0.1, -0.05) is 6.42 Å². The number of carbonyl (C=O) groups is 1. The maximum atomic E-state index is 12.3. The fourth-order valence-electron chi connectivity index (χ4n) is 2.50. The van der Waals surface area contributed by atoms with Crippen molar-refractivity contribution in [3.05, 3.63) is 17.5 Å². The Labute approximate surface area is 108 Å². The second kappa shape index (κ2) is 5.52. The predicted molar refractivity (Wildman–Crippen MR) is 70.5 cm³/mol. The van der Waals surface area contributed by atoms with Gasteiger partial charge in [0.15, 0.2) is 0 Å². The van der Waals surface area contributed by atoms with Gasteiger partial charge in [0.25, 0.3) is 5.91 Å². The Balaban J connectivity index is 1.97. The SMILES string of the molecule is Cc1cc(C(=O)N(C)CC2CCCCN2)n(C)n1. The van der Waals surface area contributed by atoms with E-state index in [1.807, 2.05) is 27.1 Å². The monoisotopic (exact) mass is 250 g/mol. The van der Waals surface area contributed by atoms with Gasteiger partial charge < -0.3 is 10.2 Å². The number of nitrogens with zero attached hydrogens (tertiary/aromatic N) is 3. The van der Waals surface area contributed by atoms with E-state index in [-0.39, 0.29) is 5.91 Å². The molecule has 2 rings (SSSR count). The van der Waals surface area contributed by atoms with E-state index in [0.717, 1.165) is 25.2 Å². The zero-order valence-corrected chi connectivity index (χ0v) is 11.4. The molecule has 100 valence electrons. The number of hydrogen-bond donors (Lipinski definition) is 1. The van der Waals surface area contributed by atoms with Crippen molar-refractivity contribution in [3.63, 3.8) is 0 Å². The highest BCUT2D eigenvalue weighted by Gasteiger charge is 2.20. The van der Waals surface area contributed by atoms with Gasteiger partial charge in [0.1, 0.15) is 5.69 Å². The predicted octanol–water partition coefficient (Wildman–Crippen LogP) is 0.943. The summed E-state index contributed by atoms with van der Waals surface area (Å²) in [6.07, 6.45) is 3.65. The zero-order valence-electron chi connectivity index (χ0n) is 11.4. The molecule has 0 bridgehead atoms. The van der Waals surface area contributed by atoms with Crippen molar-refractivity contribution in [1.29, 1.82) is 0 Å². The number of aromatic nitrogens is 2. The Morgan fingerprint density at radius 3 is 2.94 bits per heavy atom. The molecule has 1 N–H and O–H groups in total. The molecule has 1 aromatic rings. The molecule has 1 amide bonds. The van der Waals surface area contributed by atoms with Gasteiger partial charge in [0, 0.05) is 26.7 Å². The van der Waals surface area contributed by atoms with Crippen molar-refractivity contribution in [1.82, 2.24) is 20.0 Å². The summed E-state index contributed by atoms with van der Waals surface area (Å²) in [6, 6.07) is 2.27. The first-order valence-electron chi connectivity index (χ1n) is 6.57. The molecular formula is C13H22N4O. The average Bonchev–Trinajstić information content (AvgIpc) is 2.68. The van der Waals surface area contributed by atoms with Crippen molar-refractivity contribution < 1.29 is 4.79 Å². The van der Waals surface area contributed by atoms with Crippen LogP contribution < -0.4 is 5.32 Å². The van der Waals surface area contributed by atoms with Crippen LogP contribution in [-0.4, -0.2) is 46.8 Å². The van der Waals surface area contributed by atoms with Crippen molar-refractivity contribution in [2.24, 2.45) is 7.05 Å². The van der Waals surface area contributed by atoms with E-state index >= 15 is 0 Å². The molecule has 0 aliphatic carbocycles. The maximum Gasteiger partial charge on any atom is 0.271 e. The summed E-state index contributed by atoms with van der Waals surface area (Å²) < 4.78 is 1.66. The molecule has 1 fully saturated rings. The minimum Gasteiger partial charge on any atom is -0.339 e. The van der Waals surface area contributed by atoms with Gasteiger partial charge in [-0.3, -0.25) is 9.48 Å². The van der Waals surface area contributed by atoms with Crippen LogP contribution in [-0.2, 0) is 7.05 Å². The Kier molecular flexibility index (Phi) is 4.01. The minimum atomic E-state index is 0.0467. The van der Waals surface area contributed by atoms with Crippen molar-refractivity contribution in [2.45, 2.75) is 32.2 Å². The molecule has 5 heteroatoms. The molecule has 5 nitrogen and oxygen atoms in total. The molecular weight excluding hydrogens is 228 g/mol. The van der Waals surface area contributed by atoms with Crippen LogP contribution >= 0.6 is 0 Å². The van der Waals surface area contributed by atoms with E-state index in [2.05, 4.69) is 10.4 Å². The molecule has 0 radical (unpaired) electrons. The molecule has 1 atom stereocenters. The number of piperidine rings is 1. The van der Waals surface area contributed by atoms with E-state index in [1.165, 1.54) is 12.8 Å². The quantitative estimate of drug-likeness (QED) is 0.868. The van der Waals surface area contributed by atoms with Crippen LogP contribution in [0.25, 0.3) is 0 Å². The third kappa shape index (κ3) is 2.90. The average molecular weight is 250 g/mol. The summed E-state index contributed by atoms with van der Waals surface area (Å²) in [5, 5.41) is 7.67. The molecule has 1 saturated heterocycles. The van der Waals surface area contributed by atoms with Gasteiger partial charge in [-0.25, -0.2) is 0 Å². The van der Waals surface area contributed by atoms with Crippen molar-refractivity contribution in [2.75, 3.05) is 20.1 Å². The smallest absolute Gasteiger partial charge is 0.271 e. The molecule has 1 aromatic heterocycles. The van der Waals surface area contributed by atoms with Gasteiger partial charge in [0.05, 0.1) is 5.69 Å². The van der Waals surface area contributed by atoms with Gasteiger partial charge >= 0.3 is 0 Å². The first-order valence-corrected chi connectivity index (χ1v) is 6.57. The minimum absolute atomic E-state index is 0.0467. The second-order valence-electron chi connectivity index (χ2n) is 5.13. The van der Waals surface area contributed by atoms with Crippen LogP contribution in [0.5, 0.6) is 0 Å². The lowest BCUT2D eigenvalue weighted by Gasteiger charge is -2.28. The Bertz CT molecular complexity index is 421. The summed E-state index contributed by atoms with van der Waals surface area (Å²) in [7, 11) is 3.67. The summed E-state index contributed by atoms with van der Waals surface area (Å²) in [6.45, 7) is 3.74. The van der Waals surface area contributed by atoms with Gasteiger partial charge in [0.2, 0.25) is 0 Å². The standard InChI is InChI=1S/C13H22N4O/c1-10-8-12(17(3)15-10)13(18)16(2)9-11-6-4-5-7-14-11/h8,11,14H,4-7,9H2,1-3H3. The highest BCUT2D eigenvalue weighted by Crippen LogP contribution is 2.10. The van der Waals surface area contributed by atoms with E-state index in [4.69, 9.17) is 0 Å². The highest BCUT2D eigenvalue weighted by molar-refractivity contribution is 5.92. The van der Waals surface area contributed by atoms with Crippen LogP contribution in [0.15, 0.2) is 6.07 Å². The number of carbonyl (C=O) groups excluding carboxylic acids is 1. The van der Waals surface area contributed by atoms with Crippen LogP contribution in [0.1, 0.15) is 35.4 Å². The van der Waals surface area contributed by atoms with Gasteiger partial charge in [-0.2, -0.15) is 5.10 Å². The lowest BCUT2D eigenvalue weighted by molar-refractivity contribution is 0.0764. The molecule has 2 heterocycles. The number of likely N-dealkylation sites (N-methyl/N-ethyl adjacent to an activating group) is 1. The largest absolute Gasteiger partial charge is 0.339 e. The summed E-state index contributed by atoms with van der Waals surface area (Å²) in [4.78, 5) is 14.1. The number of rotatable bonds is 3. The molecule has 0 saturated carbocycles. The molecule has 1 aliphatic heterocycles. The Hall–Kier alpha value is -1.36. The Morgan fingerprint density at radius 1 is 1.61 bits per heavy atom. The van der Waals surface area contributed by atoms with Gasteiger partial charge in [-0.15, -0.1) is 0 Å². The first kappa shape index (κ1) is 13.1. The number of nitrogens with one attached hydrogen (secondary N) is 1. The van der Waals surface area contributed by atoms with Crippen LogP contribution in [0.2, 0.25) is 0 Å². The topological polar surface area (TPSA) is 50.2 Å². The molecule has 1 aliphatic rings. The van der Waals surface area contributed by atoms with E-state index in [0.29, 0.717) is 11.7 Å². The molecule has 18 heavy (non-hydrogen) atoms. The van der Waals surface area contributed by atoms with Crippen molar-refractivity contribution >= 4 is 5.91 Å². The van der Waals surface area contributed by atoms with Gasteiger partial charge in [-0.05, 0) is 32.4 Å². The van der Waals surface area contributed by atoms with Crippen LogP contribution in [0.4, 0.5) is 0 Å². The third-order valence-electron chi connectivity index (χ3n) is 3.47. The fraction of sp³-hybridized carbons (Fsp3) is 0.692. The number of hydrogen-bond acceptors (Lipinski definition) is 3. The lowest BCUT2D eigenvalue weighted by Crippen LogP contribution is -2.44. The molecule has 1 unspecified atom stereocenters. The number of amides is 1. The zero-order chi connectivity index (χ0) is 13.1. The fourth-order valence-corrected chi connectivity index (χ4v) is 2.50. The third-order valence-corrected chi connectivity index (χ3v) is 3.47.